The zero-order valence-electron chi connectivity index (χ0n) is 14.0. The Bertz CT molecular complexity index is 338. The maximum Gasteiger partial charge on any atom is 0.240 e. The molecule has 0 spiro atoms. The largest absolute Gasteiger partial charge is 0.341 e. The van der Waals surface area contributed by atoms with Crippen molar-refractivity contribution in [3.8, 4) is 0 Å². The normalized spacial score (nSPS) is 26.5. The van der Waals surface area contributed by atoms with Gasteiger partial charge in [-0.2, -0.15) is 0 Å². The van der Waals surface area contributed by atoms with Gasteiger partial charge in [0.15, 0.2) is 0 Å². The van der Waals surface area contributed by atoms with Crippen LogP contribution < -0.4 is 5.32 Å². The fraction of sp³-hybridized carbons (Fsp3) is 0.938. The quantitative estimate of drug-likeness (QED) is 0.864. The number of halogens is 1. The molecule has 2 saturated heterocycles. The van der Waals surface area contributed by atoms with Crippen LogP contribution in [0.25, 0.3) is 0 Å². The lowest BCUT2D eigenvalue weighted by molar-refractivity contribution is -0.138. The molecule has 2 aliphatic heterocycles. The predicted molar refractivity (Wildman–Crippen MR) is 89.9 cm³/mol. The van der Waals surface area contributed by atoms with E-state index in [9.17, 15) is 4.79 Å². The molecule has 0 radical (unpaired) electrons. The first-order valence-electron chi connectivity index (χ1n) is 8.07. The van der Waals surface area contributed by atoms with Crippen LogP contribution in [0.4, 0.5) is 0 Å². The Morgan fingerprint density at radius 3 is 2.43 bits per heavy atom. The molecule has 2 fully saturated rings. The van der Waals surface area contributed by atoms with Gasteiger partial charge < -0.3 is 15.1 Å². The van der Waals surface area contributed by atoms with Crippen LogP contribution in [0.3, 0.4) is 0 Å². The third-order valence-electron chi connectivity index (χ3n) is 4.92. The number of hydrogen-bond donors (Lipinski definition) is 1. The van der Waals surface area contributed by atoms with Crippen LogP contribution in [0.5, 0.6) is 0 Å². The van der Waals surface area contributed by atoms with Gasteiger partial charge in [-0.1, -0.05) is 13.8 Å². The first-order chi connectivity index (χ1) is 9.40. The SMILES string of the molecule is CN(C)CC1CCN(C(=O)C2NCCCC2(C)C)CC1.Cl. The van der Waals surface area contributed by atoms with E-state index in [1.807, 2.05) is 0 Å². The van der Waals surface area contributed by atoms with Gasteiger partial charge in [-0.05, 0) is 57.7 Å². The standard InChI is InChI=1S/C16H31N3O.ClH/c1-16(2)8-5-9-17-14(16)15(20)19-10-6-13(7-11-19)12-18(3)4;/h13-14,17H,5-12H2,1-4H3;1H. The van der Waals surface area contributed by atoms with E-state index in [0.717, 1.165) is 51.4 Å². The third-order valence-corrected chi connectivity index (χ3v) is 4.92. The number of hydrogen-bond acceptors (Lipinski definition) is 3. The molecule has 1 amide bonds. The molecule has 4 nitrogen and oxygen atoms in total. The molecule has 124 valence electrons. The summed E-state index contributed by atoms with van der Waals surface area (Å²) >= 11 is 0. The zero-order valence-corrected chi connectivity index (χ0v) is 14.8. The van der Waals surface area contributed by atoms with E-state index in [2.05, 4.69) is 43.1 Å². The van der Waals surface area contributed by atoms with Crippen molar-refractivity contribution in [3.05, 3.63) is 0 Å². The number of likely N-dealkylation sites (tertiary alicyclic amines) is 1. The maximum atomic E-state index is 12.8. The Balaban J connectivity index is 0.00000220. The molecule has 0 aromatic rings. The van der Waals surface area contributed by atoms with Gasteiger partial charge in [0.05, 0.1) is 6.04 Å². The Hall–Kier alpha value is -0.320. The van der Waals surface area contributed by atoms with Gasteiger partial charge in [0.25, 0.3) is 0 Å². The molecule has 2 aliphatic rings. The molecule has 0 aromatic heterocycles. The van der Waals surface area contributed by atoms with E-state index in [0.29, 0.717) is 5.91 Å². The van der Waals surface area contributed by atoms with Gasteiger partial charge in [0.2, 0.25) is 5.91 Å². The summed E-state index contributed by atoms with van der Waals surface area (Å²) in [7, 11) is 4.26. The van der Waals surface area contributed by atoms with E-state index in [-0.39, 0.29) is 23.9 Å². The summed E-state index contributed by atoms with van der Waals surface area (Å²) in [5.74, 6) is 1.08. The number of carbonyl (C=O) groups excluding carboxylic acids is 1. The second-order valence-electron chi connectivity index (χ2n) is 7.51. The molecule has 1 atom stereocenters. The van der Waals surface area contributed by atoms with Crippen molar-refractivity contribution in [2.24, 2.45) is 11.3 Å². The molecule has 21 heavy (non-hydrogen) atoms. The van der Waals surface area contributed by atoms with Crippen LogP contribution in [0.2, 0.25) is 0 Å². The summed E-state index contributed by atoms with van der Waals surface area (Å²) in [5.41, 5.74) is 0.0931. The van der Waals surface area contributed by atoms with Crippen LogP contribution in [0, 0.1) is 11.3 Å². The van der Waals surface area contributed by atoms with Gasteiger partial charge in [0, 0.05) is 19.6 Å². The van der Waals surface area contributed by atoms with Gasteiger partial charge in [0.1, 0.15) is 0 Å². The molecule has 0 saturated carbocycles. The van der Waals surface area contributed by atoms with Crippen LogP contribution >= 0.6 is 12.4 Å². The number of nitrogens with one attached hydrogen (secondary N) is 1. The minimum atomic E-state index is 0. The van der Waals surface area contributed by atoms with E-state index in [1.54, 1.807) is 0 Å². The molecule has 2 rings (SSSR count). The lowest BCUT2D eigenvalue weighted by Gasteiger charge is -2.42. The fourth-order valence-electron chi connectivity index (χ4n) is 3.67. The number of piperidine rings is 2. The van der Waals surface area contributed by atoms with Crippen LogP contribution in [-0.2, 0) is 4.79 Å². The highest BCUT2D eigenvalue weighted by Crippen LogP contribution is 2.32. The number of nitrogens with zero attached hydrogens (tertiary/aromatic N) is 2. The average molecular weight is 318 g/mol. The second kappa shape index (κ2) is 7.80. The Morgan fingerprint density at radius 2 is 1.90 bits per heavy atom. The van der Waals surface area contributed by atoms with Crippen molar-refractivity contribution in [3.63, 3.8) is 0 Å². The average Bonchev–Trinajstić information content (AvgIpc) is 2.37. The molecule has 0 aromatic carbocycles. The van der Waals surface area contributed by atoms with Gasteiger partial charge in [-0.25, -0.2) is 0 Å². The van der Waals surface area contributed by atoms with E-state index < -0.39 is 0 Å². The predicted octanol–water partition coefficient (Wildman–Crippen LogP) is 1.99. The molecule has 1 N–H and O–H groups in total. The van der Waals surface area contributed by atoms with E-state index in [4.69, 9.17) is 0 Å². The van der Waals surface area contributed by atoms with Crippen LogP contribution in [0.1, 0.15) is 39.5 Å². The molecule has 0 aliphatic carbocycles. The van der Waals surface area contributed by atoms with Crippen molar-refractivity contribution < 1.29 is 4.79 Å². The van der Waals surface area contributed by atoms with Crippen molar-refractivity contribution in [2.45, 2.75) is 45.6 Å². The lowest BCUT2D eigenvalue weighted by atomic mass is 9.76. The molecular formula is C16H32ClN3O. The van der Waals surface area contributed by atoms with Gasteiger partial charge >= 0.3 is 0 Å². The highest BCUT2D eigenvalue weighted by atomic mass is 35.5. The second-order valence-corrected chi connectivity index (χ2v) is 7.51. The summed E-state index contributed by atoms with van der Waals surface area (Å²) in [6, 6.07) is 0.0154. The van der Waals surface area contributed by atoms with Gasteiger partial charge in [-0.15, -0.1) is 12.4 Å². The first-order valence-corrected chi connectivity index (χ1v) is 8.07. The molecular weight excluding hydrogens is 286 g/mol. The van der Waals surface area contributed by atoms with Gasteiger partial charge in [-0.3, -0.25) is 4.79 Å². The summed E-state index contributed by atoms with van der Waals surface area (Å²) in [6.45, 7) is 8.45. The minimum Gasteiger partial charge on any atom is -0.341 e. The highest BCUT2D eigenvalue weighted by Gasteiger charge is 2.39. The van der Waals surface area contributed by atoms with Crippen LogP contribution in [0.15, 0.2) is 0 Å². The Labute approximate surface area is 136 Å². The van der Waals surface area contributed by atoms with E-state index >= 15 is 0 Å². The zero-order chi connectivity index (χ0) is 14.8. The van der Waals surface area contributed by atoms with Crippen molar-refractivity contribution in [2.75, 3.05) is 40.3 Å². The highest BCUT2D eigenvalue weighted by molar-refractivity contribution is 5.85. The summed E-state index contributed by atoms with van der Waals surface area (Å²) in [5, 5.41) is 3.45. The minimum absolute atomic E-state index is 0. The molecule has 0 bridgehead atoms. The molecule has 1 unspecified atom stereocenters. The monoisotopic (exact) mass is 317 g/mol. The fourth-order valence-corrected chi connectivity index (χ4v) is 3.67. The van der Waals surface area contributed by atoms with Crippen molar-refractivity contribution in [1.82, 2.24) is 15.1 Å². The summed E-state index contributed by atoms with van der Waals surface area (Å²) in [6.07, 6.45) is 4.63. The van der Waals surface area contributed by atoms with Crippen LogP contribution in [-0.4, -0.2) is 62.0 Å². The third kappa shape index (κ3) is 4.83. The van der Waals surface area contributed by atoms with Crippen molar-refractivity contribution >= 4 is 18.3 Å². The number of carbonyl (C=O) groups is 1. The Kier molecular flexibility index (Phi) is 6.95. The Morgan fingerprint density at radius 1 is 1.29 bits per heavy atom. The number of amides is 1. The maximum absolute atomic E-state index is 12.8. The first kappa shape index (κ1) is 18.7. The van der Waals surface area contributed by atoms with Crippen molar-refractivity contribution in [1.29, 1.82) is 0 Å². The molecule has 2 heterocycles. The molecule has 5 heteroatoms. The summed E-state index contributed by atoms with van der Waals surface area (Å²) in [4.78, 5) is 17.1. The smallest absolute Gasteiger partial charge is 0.240 e. The topological polar surface area (TPSA) is 35.6 Å². The van der Waals surface area contributed by atoms with E-state index in [1.165, 1.54) is 6.42 Å². The number of rotatable bonds is 3. The lowest BCUT2D eigenvalue weighted by Crippen LogP contribution is -2.57. The summed E-state index contributed by atoms with van der Waals surface area (Å²) < 4.78 is 0.